The van der Waals surface area contributed by atoms with Crippen LogP contribution in [-0.4, -0.2) is 35.9 Å². The zero-order valence-corrected chi connectivity index (χ0v) is 8.16. The molecule has 0 bridgehead atoms. The maximum atomic E-state index is 11.4. The minimum atomic E-state index is -0.0341. The van der Waals surface area contributed by atoms with Crippen LogP contribution in [0.4, 0.5) is 0 Å². The van der Waals surface area contributed by atoms with Crippen LogP contribution in [-0.2, 0) is 6.42 Å². The van der Waals surface area contributed by atoms with Crippen molar-refractivity contribution in [1.29, 1.82) is 0 Å². The highest BCUT2D eigenvalue weighted by atomic mass is 16.1. The van der Waals surface area contributed by atoms with Crippen molar-refractivity contribution in [3.63, 3.8) is 0 Å². The van der Waals surface area contributed by atoms with Gasteiger partial charge in [0.15, 0.2) is 5.78 Å². The van der Waals surface area contributed by atoms with Crippen LogP contribution < -0.4 is 11.1 Å². The molecule has 0 fully saturated rings. The number of carbonyl (C=O) groups excluding carboxylic acids is 1. The largest absolute Gasteiger partial charge is 0.330 e. The minimum Gasteiger partial charge on any atom is -0.330 e. The summed E-state index contributed by atoms with van der Waals surface area (Å²) in [6.45, 7) is 0.781. The third kappa shape index (κ3) is 2.86. The van der Waals surface area contributed by atoms with E-state index in [1.54, 1.807) is 19.3 Å². The van der Waals surface area contributed by atoms with E-state index >= 15 is 0 Å². The summed E-state index contributed by atoms with van der Waals surface area (Å²) in [7, 11) is 1.72. The zero-order valence-electron chi connectivity index (χ0n) is 8.16. The molecule has 0 atom stereocenters. The molecule has 1 heterocycles. The number of Topliss-reactive ketones (excluding diaryl/α,β-unsaturated/α-hetero) is 1. The van der Waals surface area contributed by atoms with E-state index in [0.29, 0.717) is 31.0 Å². The molecular weight excluding hydrogens is 180 g/mol. The first kappa shape index (κ1) is 10.7. The lowest BCUT2D eigenvalue weighted by atomic mass is 10.2. The molecule has 0 aliphatic heterocycles. The molecule has 0 aliphatic rings. The average Bonchev–Trinajstić information content (AvgIpc) is 2.19. The Kier molecular flexibility index (Phi) is 4.15. The second kappa shape index (κ2) is 5.41. The molecule has 0 radical (unpaired) electrons. The van der Waals surface area contributed by atoms with Gasteiger partial charge in [-0.25, -0.2) is 9.97 Å². The number of nitrogens with two attached hydrogens (primary N) is 1. The summed E-state index contributed by atoms with van der Waals surface area (Å²) in [6.07, 6.45) is 2.18. The standard InChI is InChI=1S/C9H14N4O/c1-11-6-8(14)7-3-5-12-9(13-7)2-4-10/h3,5,11H,2,4,6,10H2,1H3. The number of carbonyl (C=O) groups is 1. The van der Waals surface area contributed by atoms with Crippen molar-refractivity contribution in [2.45, 2.75) is 6.42 Å². The Labute approximate surface area is 82.7 Å². The van der Waals surface area contributed by atoms with Gasteiger partial charge in [0.2, 0.25) is 0 Å². The third-order valence-electron chi connectivity index (χ3n) is 1.70. The van der Waals surface area contributed by atoms with Gasteiger partial charge in [-0.1, -0.05) is 0 Å². The number of nitrogens with zero attached hydrogens (tertiary/aromatic N) is 2. The van der Waals surface area contributed by atoms with Crippen LogP contribution in [0.2, 0.25) is 0 Å². The van der Waals surface area contributed by atoms with Crippen LogP contribution in [0.15, 0.2) is 12.3 Å². The van der Waals surface area contributed by atoms with Crippen LogP contribution in [0.5, 0.6) is 0 Å². The Morgan fingerprint density at radius 2 is 2.43 bits per heavy atom. The van der Waals surface area contributed by atoms with E-state index in [0.717, 1.165) is 0 Å². The summed E-state index contributed by atoms with van der Waals surface area (Å²) >= 11 is 0. The number of rotatable bonds is 5. The SMILES string of the molecule is CNCC(=O)c1ccnc(CCN)n1. The van der Waals surface area contributed by atoms with E-state index in [2.05, 4.69) is 15.3 Å². The molecule has 76 valence electrons. The van der Waals surface area contributed by atoms with Gasteiger partial charge in [-0.05, 0) is 19.7 Å². The average molecular weight is 194 g/mol. The van der Waals surface area contributed by atoms with Crippen molar-refractivity contribution in [1.82, 2.24) is 15.3 Å². The molecular formula is C9H14N4O. The van der Waals surface area contributed by atoms with Crippen molar-refractivity contribution in [3.8, 4) is 0 Å². The van der Waals surface area contributed by atoms with Gasteiger partial charge in [0, 0.05) is 12.6 Å². The van der Waals surface area contributed by atoms with Gasteiger partial charge in [0.25, 0.3) is 0 Å². The Hall–Kier alpha value is -1.33. The van der Waals surface area contributed by atoms with Crippen LogP contribution in [0.1, 0.15) is 16.3 Å². The van der Waals surface area contributed by atoms with E-state index < -0.39 is 0 Å². The lowest BCUT2D eigenvalue weighted by Gasteiger charge is -2.01. The van der Waals surface area contributed by atoms with E-state index in [4.69, 9.17) is 5.73 Å². The minimum absolute atomic E-state index is 0.0341. The first-order valence-corrected chi connectivity index (χ1v) is 4.47. The highest BCUT2D eigenvalue weighted by Crippen LogP contribution is 1.97. The third-order valence-corrected chi connectivity index (χ3v) is 1.70. The molecule has 1 aromatic rings. The lowest BCUT2D eigenvalue weighted by molar-refractivity contribution is 0.0988. The molecule has 1 aromatic heterocycles. The second-order valence-corrected chi connectivity index (χ2v) is 2.85. The Morgan fingerprint density at radius 3 is 3.07 bits per heavy atom. The number of aromatic nitrogens is 2. The van der Waals surface area contributed by atoms with Gasteiger partial charge in [-0.2, -0.15) is 0 Å². The summed E-state index contributed by atoms with van der Waals surface area (Å²) in [5.41, 5.74) is 5.81. The van der Waals surface area contributed by atoms with Crippen molar-refractivity contribution in [2.75, 3.05) is 20.1 Å². The maximum Gasteiger partial charge on any atom is 0.195 e. The molecule has 1 rings (SSSR count). The van der Waals surface area contributed by atoms with E-state index in [9.17, 15) is 4.79 Å². The van der Waals surface area contributed by atoms with E-state index in [-0.39, 0.29) is 5.78 Å². The van der Waals surface area contributed by atoms with E-state index in [1.807, 2.05) is 0 Å². The predicted octanol–water partition coefficient (Wildman–Crippen LogP) is -0.620. The van der Waals surface area contributed by atoms with Crippen LogP contribution >= 0.6 is 0 Å². The Balaban J connectivity index is 2.77. The molecule has 3 N–H and O–H groups in total. The molecule has 0 aromatic carbocycles. The highest BCUT2D eigenvalue weighted by molar-refractivity contribution is 5.95. The van der Waals surface area contributed by atoms with E-state index in [1.165, 1.54) is 0 Å². The van der Waals surface area contributed by atoms with Crippen molar-refractivity contribution in [2.24, 2.45) is 5.73 Å². The number of nitrogens with one attached hydrogen (secondary N) is 1. The van der Waals surface area contributed by atoms with Crippen molar-refractivity contribution >= 4 is 5.78 Å². The lowest BCUT2D eigenvalue weighted by Crippen LogP contribution is -2.20. The van der Waals surface area contributed by atoms with Gasteiger partial charge < -0.3 is 11.1 Å². The number of hydrogen-bond donors (Lipinski definition) is 2. The molecule has 0 saturated carbocycles. The molecule has 0 saturated heterocycles. The summed E-state index contributed by atoms with van der Waals surface area (Å²) in [5.74, 6) is 0.586. The van der Waals surface area contributed by atoms with Crippen LogP contribution in [0, 0.1) is 0 Å². The Bertz CT molecular complexity index is 313. The number of ketones is 1. The fourth-order valence-corrected chi connectivity index (χ4v) is 1.06. The summed E-state index contributed by atoms with van der Waals surface area (Å²) in [5, 5.41) is 2.78. The van der Waals surface area contributed by atoms with Gasteiger partial charge in [-0.3, -0.25) is 4.79 Å². The zero-order chi connectivity index (χ0) is 10.4. The van der Waals surface area contributed by atoms with Crippen molar-refractivity contribution < 1.29 is 4.79 Å². The maximum absolute atomic E-state index is 11.4. The fraction of sp³-hybridized carbons (Fsp3) is 0.444. The van der Waals surface area contributed by atoms with Gasteiger partial charge in [0.05, 0.1) is 6.54 Å². The summed E-state index contributed by atoms with van der Waals surface area (Å²) in [4.78, 5) is 19.5. The molecule has 5 nitrogen and oxygen atoms in total. The summed E-state index contributed by atoms with van der Waals surface area (Å²) < 4.78 is 0. The topological polar surface area (TPSA) is 80.9 Å². The first-order chi connectivity index (χ1) is 6.77. The summed E-state index contributed by atoms with van der Waals surface area (Å²) in [6, 6.07) is 1.61. The van der Waals surface area contributed by atoms with Gasteiger partial charge in [-0.15, -0.1) is 0 Å². The van der Waals surface area contributed by atoms with Crippen LogP contribution in [0.3, 0.4) is 0 Å². The first-order valence-electron chi connectivity index (χ1n) is 4.47. The highest BCUT2D eigenvalue weighted by Gasteiger charge is 2.06. The fourth-order valence-electron chi connectivity index (χ4n) is 1.06. The molecule has 0 aliphatic carbocycles. The normalized spacial score (nSPS) is 10.1. The van der Waals surface area contributed by atoms with Crippen molar-refractivity contribution in [3.05, 3.63) is 23.8 Å². The number of likely N-dealkylation sites (N-methyl/N-ethyl adjacent to an activating group) is 1. The molecule has 0 amide bonds. The molecule has 5 heteroatoms. The van der Waals surface area contributed by atoms with Gasteiger partial charge >= 0.3 is 0 Å². The second-order valence-electron chi connectivity index (χ2n) is 2.85. The monoisotopic (exact) mass is 194 g/mol. The smallest absolute Gasteiger partial charge is 0.195 e. The van der Waals surface area contributed by atoms with Crippen LogP contribution in [0.25, 0.3) is 0 Å². The van der Waals surface area contributed by atoms with Gasteiger partial charge in [0.1, 0.15) is 11.5 Å². The predicted molar refractivity (Wildman–Crippen MR) is 53.0 cm³/mol. The number of hydrogen-bond acceptors (Lipinski definition) is 5. The quantitative estimate of drug-likeness (QED) is 0.610. The molecule has 14 heavy (non-hydrogen) atoms. The molecule has 0 spiro atoms. The Morgan fingerprint density at radius 1 is 1.64 bits per heavy atom. The molecule has 0 unspecified atom stereocenters.